The van der Waals surface area contributed by atoms with Crippen LogP contribution in [0.4, 0.5) is 5.82 Å². The van der Waals surface area contributed by atoms with E-state index in [4.69, 9.17) is 33.7 Å². The van der Waals surface area contributed by atoms with Crippen LogP contribution in [0.3, 0.4) is 0 Å². The largest absolute Gasteiger partial charge is 0.462 e. The van der Waals surface area contributed by atoms with Crippen LogP contribution in [0.2, 0.25) is 0 Å². The molecule has 4 rings (SSSR count). The van der Waals surface area contributed by atoms with Gasteiger partial charge < -0.3 is 29.2 Å². The van der Waals surface area contributed by atoms with Crippen molar-refractivity contribution in [3.63, 3.8) is 0 Å². The number of carbonyl (C=O) groups is 3. The number of benzene rings is 1. The van der Waals surface area contributed by atoms with Crippen molar-refractivity contribution in [1.29, 1.82) is 0 Å². The molecule has 1 unspecified atom stereocenters. The van der Waals surface area contributed by atoms with Gasteiger partial charge in [0.25, 0.3) is 0 Å². The quantitative estimate of drug-likeness (QED) is 0.137. The molecule has 3 N–H and O–H groups in total. The number of fused-ring (bicyclic) bond motifs is 1. The topological polar surface area (TPSA) is 192 Å². The maximum atomic E-state index is 14.3. The standard InChI is InChI=1S/C32H44N5O10P/c1-18(2)29(38)44-26-25(23-14-15-24-28(33)34-17-35-37(23)24)46-32(8,27(26)45-30(39)19(3)4)16-42-48(41,47-22-12-10-9-11-13-22)36-21(7)31(40)43-20(5)6/h9-15,17-21,25-27H,16H2,1-8H3,(H,36,41)(H2,33,34,35)/t21-,25-,26-,27-,32+,48?/m0/s1. The van der Waals surface area contributed by atoms with Gasteiger partial charge in [0.1, 0.15) is 35.3 Å². The monoisotopic (exact) mass is 689 g/mol. The molecule has 15 nitrogen and oxygen atoms in total. The van der Waals surface area contributed by atoms with Crippen LogP contribution < -0.4 is 15.3 Å². The first kappa shape index (κ1) is 36.8. The second-order valence-corrected chi connectivity index (χ2v) is 14.3. The summed E-state index contributed by atoms with van der Waals surface area (Å²) in [5.74, 6) is -2.55. The average molecular weight is 690 g/mol. The molecule has 262 valence electrons. The lowest BCUT2D eigenvalue weighted by atomic mass is 9.95. The number of carbonyl (C=O) groups excluding carboxylic acids is 3. The summed E-state index contributed by atoms with van der Waals surface area (Å²) in [6.07, 6.45) is -2.69. The summed E-state index contributed by atoms with van der Waals surface area (Å²) in [4.78, 5) is 42.9. The minimum Gasteiger partial charge on any atom is -0.462 e. The molecule has 1 aliphatic heterocycles. The lowest BCUT2D eigenvalue weighted by Crippen LogP contribution is -2.49. The van der Waals surface area contributed by atoms with Crippen molar-refractivity contribution in [2.75, 3.05) is 12.3 Å². The number of nitrogens with zero attached hydrogens (tertiary/aromatic N) is 3. The highest BCUT2D eigenvalue weighted by Gasteiger charge is 2.59. The van der Waals surface area contributed by atoms with E-state index >= 15 is 0 Å². The molecule has 2 aromatic heterocycles. The number of ether oxygens (including phenoxy) is 4. The van der Waals surface area contributed by atoms with Crippen molar-refractivity contribution in [1.82, 2.24) is 19.7 Å². The Bertz CT molecular complexity index is 1650. The van der Waals surface area contributed by atoms with Crippen LogP contribution in [-0.2, 0) is 42.4 Å². The Morgan fingerprint density at radius 3 is 2.25 bits per heavy atom. The maximum absolute atomic E-state index is 14.3. The van der Waals surface area contributed by atoms with Gasteiger partial charge in [-0.1, -0.05) is 45.9 Å². The van der Waals surface area contributed by atoms with E-state index in [9.17, 15) is 18.9 Å². The van der Waals surface area contributed by atoms with Crippen LogP contribution in [0.25, 0.3) is 5.52 Å². The van der Waals surface area contributed by atoms with Crippen molar-refractivity contribution in [3.8, 4) is 5.75 Å². The summed E-state index contributed by atoms with van der Waals surface area (Å²) < 4.78 is 51.4. The Balaban J connectivity index is 1.75. The average Bonchev–Trinajstić information content (AvgIpc) is 3.56. The number of hydrogen-bond donors (Lipinski definition) is 2. The Morgan fingerprint density at radius 1 is 0.979 bits per heavy atom. The van der Waals surface area contributed by atoms with Gasteiger partial charge in [0.05, 0.1) is 30.2 Å². The Morgan fingerprint density at radius 2 is 1.62 bits per heavy atom. The number of nitrogens with one attached hydrogen (secondary N) is 1. The van der Waals surface area contributed by atoms with E-state index in [2.05, 4.69) is 15.2 Å². The van der Waals surface area contributed by atoms with Crippen molar-refractivity contribution in [3.05, 3.63) is 54.5 Å². The highest BCUT2D eigenvalue weighted by Crippen LogP contribution is 2.50. The minimum absolute atomic E-state index is 0.191. The van der Waals surface area contributed by atoms with Gasteiger partial charge in [-0.15, -0.1) is 0 Å². The molecule has 0 amide bonds. The number of anilines is 1. The molecular formula is C32H44N5O10P. The number of esters is 3. The van der Waals surface area contributed by atoms with Gasteiger partial charge in [0, 0.05) is 0 Å². The fourth-order valence-electron chi connectivity index (χ4n) is 4.86. The Labute approximate surface area is 279 Å². The maximum Gasteiger partial charge on any atom is 0.459 e. The lowest BCUT2D eigenvalue weighted by molar-refractivity contribution is -0.175. The molecular weight excluding hydrogens is 645 g/mol. The summed E-state index contributed by atoms with van der Waals surface area (Å²) in [7, 11) is -4.38. The zero-order valence-corrected chi connectivity index (χ0v) is 29.2. The van der Waals surface area contributed by atoms with E-state index in [1.54, 1.807) is 90.9 Å². The van der Waals surface area contributed by atoms with E-state index in [0.29, 0.717) is 11.2 Å². The molecule has 1 fully saturated rings. The molecule has 0 radical (unpaired) electrons. The molecule has 0 bridgehead atoms. The number of nitrogens with two attached hydrogens (primary N) is 1. The van der Waals surface area contributed by atoms with E-state index in [1.807, 2.05) is 0 Å². The third-order valence-electron chi connectivity index (χ3n) is 7.38. The fourth-order valence-corrected chi connectivity index (χ4v) is 6.44. The number of rotatable bonds is 14. The number of para-hydroxylation sites is 1. The Kier molecular flexibility index (Phi) is 11.5. The van der Waals surface area contributed by atoms with E-state index in [1.165, 1.54) is 17.8 Å². The molecule has 1 saturated heterocycles. The zero-order valence-electron chi connectivity index (χ0n) is 28.3. The first-order chi connectivity index (χ1) is 22.5. The normalized spacial score (nSPS) is 22.9. The van der Waals surface area contributed by atoms with E-state index < -0.39 is 80.2 Å². The minimum atomic E-state index is -4.38. The number of nitrogen functional groups attached to an aromatic ring is 1. The third kappa shape index (κ3) is 8.51. The molecule has 48 heavy (non-hydrogen) atoms. The molecule has 1 aromatic carbocycles. The highest BCUT2D eigenvalue weighted by atomic mass is 31.2. The molecule has 0 spiro atoms. The van der Waals surface area contributed by atoms with Crippen molar-refractivity contribution < 1.29 is 46.9 Å². The van der Waals surface area contributed by atoms with Crippen molar-refractivity contribution >= 4 is 37.0 Å². The highest BCUT2D eigenvalue weighted by molar-refractivity contribution is 7.52. The van der Waals surface area contributed by atoms with Gasteiger partial charge in [0.2, 0.25) is 0 Å². The molecule has 3 heterocycles. The van der Waals surface area contributed by atoms with Crippen LogP contribution in [0.5, 0.6) is 5.75 Å². The summed E-state index contributed by atoms with van der Waals surface area (Å²) in [5, 5.41) is 6.95. The number of hydrogen-bond acceptors (Lipinski definition) is 13. The molecule has 0 saturated carbocycles. The van der Waals surface area contributed by atoms with Gasteiger partial charge >= 0.3 is 25.7 Å². The van der Waals surface area contributed by atoms with Crippen molar-refractivity contribution in [2.24, 2.45) is 11.8 Å². The molecule has 0 aliphatic carbocycles. The van der Waals surface area contributed by atoms with Gasteiger partial charge in [-0.05, 0) is 52.0 Å². The predicted molar refractivity (Wildman–Crippen MR) is 174 cm³/mol. The van der Waals surface area contributed by atoms with Crippen LogP contribution in [-0.4, -0.2) is 69.1 Å². The van der Waals surface area contributed by atoms with Crippen molar-refractivity contribution in [2.45, 2.75) is 91.4 Å². The second kappa shape index (κ2) is 15.0. The molecule has 6 atom stereocenters. The molecule has 3 aromatic rings. The predicted octanol–water partition coefficient (Wildman–Crippen LogP) is 4.41. The molecule has 1 aliphatic rings. The number of aromatic nitrogens is 3. The zero-order chi connectivity index (χ0) is 35.4. The smallest absolute Gasteiger partial charge is 0.459 e. The lowest BCUT2D eigenvalue weighted by Gasteiger charge is -2.33. The second-order valence-electron chi connectivity index (χ2n) is 12.6. The summed E-state index contributed by atoms with van der Waals surface area (Å²) in [5.41, 5.74) is 5.37. The van der Waals surface area contributed by atoms with E-state index in [-0.39, 0.29) is 11.6 Å². The SMILES string of the molecule is CC(C)OC(=O)[C@H](C)NP(=O)(OC[C@@]1(C)O[C@@H](c2ccc3c(N)ncnn23)[C@H](OC(=O)C(C)C)[C@@H]1OC(=O)C(C)C)Oc1ccccc1. The summed E-state index contributed by atoms with van der Waals surface area (Å²) in [6, 6.07) is 10.5. The first-order valence-corrected chi connectivity index (χ1v) is 17.2. The molecule has 16 heteroatoms. The van der Waals surface area contributed by atoms with Gasteiger partial charge in [0.15, 0.2) is 18.0 Å². The van der Waals surface area contributed by atoms with Crippen LogP contribution >= 0.6 is 7.75 Å². The van der Waals surface area contributed by atoms with Crippen LogP contribution in [0.15, 0.2) is 48.8 Å². The Hall–Kier alpha value is -4.04. The summed E-state index contributed by atoms with van der Waals surface area (Å²) in [6.45, 7) is 12.5. The summed E-state index contributed by atoms with van der Waals surface area (Å²) >= 11 is 0. The van der Waals surface area contributed by atoms with E-state index in [0.717, 1.165) is 0 Å². The van der Waals surface area contributed by atoms with Crippen LogP contribution in [0, 0.1) is 11.8 Å². The van der Waals surface area contributed by atoms with Gasteiger partial charge in [-0.2, -0.15) is 10.2 Å². The van der Waals surface area contributed by atoms with Gasteiger partial charge in [-0.25, -0.2) is 14.1 Å². The fraction of sp³-hybridized carbons (Fsp3) is 0.531. The van der Waals surface area contributed by atoms with Crippen LogP contribution in [0.1, 0.15) is 67.2 Å². The van der Waals surface area contributed by atoms with Gasteiger partial charge in [-0.3, -0.25) is 18.9 Å². The first-order valence-electron chi connectivity index (χ1n) is 15.7. The third-order valence-corrected chi connectivity index (χ3v) is 9.01.